The Hall–Kier alpha value is -5.46. The molecule has 0 saturated heterocycles. The molecule has 0 N–H and O–H groups in total. The third kappa shape index (κ3) is 13.8. The third-order valence-corrected chi connectivity index (χ3v) is 13.9. The summed E-state index contributed by atoms with van der Waals surface area (Å²) in [5, 5.41) is 0. The minimum Gasteiger partial charge on any atom is -0.0654 e. The van der Waals surface area contributed by atoms with Crippen LogP contribution in [0.4, 0.5) is 0 Å². The van der Waals surface area contributed by atoms with E-state index in [1.165, 1.54) is 206 Å². The van der Waals surface area contributed by atoms with Gasteiger partial charge in [0.25, 0.3) is 0 Å². The van der Waals surface area contributed by atoms with Crippen LogP contribution in [0.2, 0.25) is 0 Å². The zero-order chi connectivity index (χ0) is 45.4. The predicted molar refractivity (Wildman–Crippen MR) is 290 cm³/mol. The van der Waals surface area contributed by atoms with Crippen LogP contribution in [0.3, 0.4) is 0 Å². The van der Waals surface area contributed by atoms with Gasteiger partial charge in [-0.2, -0.15) is 0 Å². The maximum absolute atomic E-state index is 2.43. The number of rotatable bonds is 28. The standard InChI is InChI=1S/C66H78/c1-3-5-7-9-11-13-15-17-19-25-35-53-45-49-59(50-46-53)65-63(57-41-31-23-32-42-57)61(55-37-27-21-28-38-55)62(56-39-29-22-30-40-56)64(58-43-33-24-34-44-58)66(65)60-51-47-54(48-52-60)36-26-20-18-16-14-12-10-8-6-4-2/h21-24,27-34,37-52H,3-20,25-26,35-36H2,1-2H3. The van der Waals surface area contributed by atoms with Crippen molar-refractivity contribution in [2.45, 2.75) is 155 Å². The van der Waals surface area contributed by atoms with Crippen LogP contribution < -0.4 is 0 Å². The average Bonchev–Trinajstić information content (AvgIpc) is 3.38. The molecule has 0 atom stereocenters. The van der Waals surface area contributed by atoms with E-state index >= 15 is 0 Å². The van der Waals surface area contributed by atoms with Crippen LogP contribution in [-0.4, -0.2) is 0 Å². The quantitative estimate of drug-likeness (QED) is 0.0430. The summed E-state index contributed by atoms with van der Waals surface area (Å²) in [7, 11) is 0. The molecule has 0 nitrogen and oxygen atoms in total. The van der Waals surface area contributed by atoms with Crippen molar-refractivity contribution in [2.24, 2.45) is 0 Å². The minimum atomic E-state index is 1.13. The van der Waals surface area contributed by atoms with Crippen LogP contribution >= 0.6 is 0 Å². The van der Waals surface area contributed by atoms with Gasteiger partial charge in [0, 0.05) is 0 Å². The van der Waals surface area contributed by atoms with E-state index in [9.17, 15) is 0 Å². The van der Waals surface area contributed by atoms with Gasteiger partial charge in [-0.15, -0.1) is 0 Å². The first-order valence-corrected chi connectivity index (χ1v) is 26.4. The molecule has 0 amide bonds. The van der Waals surface area contributed by atoms with Gasteiger partial charge in [0.05, 0.1) is 0 Å². The second kappa shape index (κ2) is 27.2. The molecule has 66 heavy (non-hydrogen) atoms. The summed E-state index contributed by atoms with van der Waals surface area (Å²) >= 11 is 0. The highest BCUT2D eigenvalue weighted by molar-refractivity contribution is 6.15. The molecule has 0 heterocycles. The van der Waals surface area contributed by atoms with E-state index in [1.54, 1.807) is 0 Å². The lowest BCUT2D eigenvalue weighted by Gasteiger charge is -2.29. The van der Waals surface area contributed by atoms with Crippen LogP contribution in [0.5, 0.6) is 0 Å². The monoisotopic (exact) mass is 871 g/mol. The third-order valence-electron chi connectivity index (χ3n) is 13.9. The second-order valence-electron chi connectivity index (χ2n) is 19.0. The van der Waals surface area contributed by atoms with Crippen molar-refractivity contribution >= 4 is 0 Å². The van der Waals surface area contributed by atoms with Gasteiger partial charge in [-0.3, -0.25) is 0 Å². The minimum absolute atomic E-state index is 1.13. The molecule has 0 radical (unpaired) electrons. The Kier molecular flexibility index (Phi) is 20.0. The van der Waals surface area contributed by atoms with Crippen molar-refractivity contribution in [3.05, 3.63) is 181 Å². The summed E-state index contributed by atoms with van der Waals surface area (Å²) < 4.78 is 0. The zero-order valence-corrected chi connectivity index (χ0v) is 40.7. The van der Waals surface area contributed by atoms with Crippen molar-refractivity contribution in [3.63, 3.8) is 0 Å². The molecule has 0 bridgehead atoms. The summed E-state index contributed by atoms with van der Waals surface area (Å²) in [5.74, 6) is 0. The Morgan fingerprint density at radius 3 is 0.621 bits per heavy atom. The van der Waals surface area contributed by atoms with E-state index in [2.05, 4.69) is 184 Å². The van der Waals surface area contributed by atoms with Crippen LogP contribution in [0.15, 0.2) is 170 Å². The molecule has 0 aliphatic rings. The summed E-state index contributed by atoms with van der Waals surface area (Å²) in [6, 6.07) is 64.2. The number of hydrogen-bond donors (Lipinski definition) is 0. The number of hydrogen-bond acceptors (Lipinski definition) is 0. The van der Waals surface area contributed by atoms with Gasteiger partial charge in [-0.25, -0.2) is 0 Å². The fourth-order valence-electron chi connectivity index (χ4n) is 10.2. The lowest BCUT2D eigenvalue weighted by atomic mass is 9.74. The van der Waals surface area contributed by atoms with Crippen LogP contribution in [-0.2, 0) is 12.8 Å². The molecular weight excluding hydrogens is 793 g/mol. The van der Waals surface area contributed by atoms with Gasteiger partial charge in [0.2, 0.25) is 0 Å². The van der Waals surface area contributed by atoms with E-state index in [0.717, 1.165) is 12.8 Å². The van der Waals surface area contributed by atoms with Gasteiger partial charge >= 0.3 is 0 Å². The first kappa shape index (κ1) is 48.5. The predicted octanol–water partition coefficient (Wildman–Crippen LogP) is 20.6. The van der Waals surface area contributed by atoms with E-state index in [-0.39, 0.29) is 0 Å². The first-order chi connectivity index (χ1) is 32.8. The SMILES string of the molecule is CCCCCCCCCCCCc1ccc(-c2c(-c3ccccc3)c(-c3ccccc3)c(-c3ccccc3)c(-c3ccccc3)c2-c2ccc(CCCCCCCCCCCC)cc2)cc1. The molecule has 0 fully saturated rings. The molecule has 0 aliphatic heterocycles. The zero-order valence-electron chi connectivity index (χ0n) is 40.7. The average molecular weight is 871 g/mol. The Morgan fingerprint density at radius 2 is 0.394 bits per heavy atom. The molecule has 0 saturated carbocycles. The molecule has 0 heteroatoms. The Morgan fingerprint density at radius 1 is 0.197 bits per heavy atom. The molecule has 7 aromatic rings. The Labute approximate surface area is 401 Å². The van der Waals surface area contributed by atoms with Crippen molar-refractivity contribution in [1.82, 2.24) is 0 Å². The van der Waals surface area contributed by atoms with E-state index in [0.29, 0.717) is 0 Å². The molecule has 7 aromatic carbocycles. The van der Waals surface area contributed by atoms with Crippen molar-refractivity contribution in [2.75, 3.05) is 0 Å². The van der Waals surface area contributed by atoms with Gasteiger partial charge in [-0.1, -0.05) is 299 Å². The molecule has 7 rings (SSSR count). The van der Waals surface area contributed by atoms with Gasteiger partial charge in [-0.05, 0) is 104 Å². The number of unbranched alkanes of at least 4 members (excludes halogenated alkanes) is 18. The van der Waals surface area contributed by atoms with E-state index in [4.69, 9.17) is 0 Å². The number of aryl methyl sites for hydroxylation is 2. The normalized spacial score (nSPS) is 11.3. The van der Waals surface area contributed by atoms with E-state index < -0.39 is 0 Å². The topological polar surface area (TPSA) is 0 Å². The van der Waals surface area contributed by atoms with Crippen LogP contribution in [0, 0.1) is 0 Å². The smallest absolute Gasteiger partial charge is 0.00139 e. The summed E-state index contributed by atoms with van der Waals surface area (Å²) in [5.41, 5.74) is 18.0. The molecular formula is C66H78. The number of benzene rings is 7. The molecule has 0 aromatic heterocycles. The fraction of sp³-hybridized carbons (Fsp3) is 0.364. The van der Waals surface area contributed by atoms with Gasteiger partial charge in [0.1, 0.15) is 0 Å². The summed E-state index contributed by atoms with van der Waals surface area (Å²) in [4.78, 5) is 0. The summed E-state index contributed by atoms with van der Waals surface area (Å²) in [6.07, 6.45) is 29.5. The van der Waals surface area contributed by atoms with Gasteiger partial charge < -0.3 is 0 Å². The molecule has 0 spiro atoms. The lowest BCUT2D eigenvalue weighted by molar-refractivity contribution is 0.556. The summed E-state index contributed by atoms with van der Waals surface area (Å²) in [6.45, 7) is 4.61. The molecule has 0 unspecified atom stereocenters. The maximum atomic E-state index is 2.43. The van der Waals surface area contributed by atoms with Crippen LogP contribution in [0.1, 0.15) is 153 Å². The van der Waals surface area contributed by atoms with E-state index in [1.807, 2.05) is 0 Å². The fourth-order valence-corrected chi connectivity index (χ4v) is 10.2. The lowest BCUT2D eigenvalue weighted by Crippen LogP contribution is -2.02. The highest BCUT2D eigenvalue weighted by atomic mass is 14.3. The van der Waals surface area contributed by atoms with Gasteiger partial charge in [0.15, 0.2) is 0 Å². The Balaban J connectivity index is 1.30. The Bertz CT molecular complexity index is 2220. The van der Waals surface area contributed by atoms with Crippen molar-refractivity contribution in [1.29, 1.82) is 0 Å². The first-order valence-electron chi connectivity index (χ1n) is 26.4. The van der Waals surface area contributed by atoms with Crippen molar-refractivity contribution < 1.29 is 0 Å². The van der Waals surface area contributed by atoms with Crippen molar-refractivity contribution in [3.8, 4) is 66.8 Å². The second-order valence-corrected chi connectivity index (χ2v) is 19.0. The largest absolute Gasteiger partial charge is 0.0654 e. The van der Waals surface area contributed by atoms with Crippen LogP contribution in [0.25, 0.3) is 66.8 Å². The maximum Gasteiger partial charge on any atom is -0.00139 e. The molecule has 342 valence electrons. The molecule has 0 aliphatic carbocycles. The highest BCUT2D eigenvalue weighted by Gasteiger charge is 2.29. The highest BCUT2D eigenvalue weighted by Crippen LogP contribution is 2.55.